The van der Waals surface area contributed by atoms with E-state index in [4.69, 9.17) is 4.74 Å². The van der Waals surface area contributed by atoms with Gasteiger partial charge in [-0.05, 0) is 79.5 Å². The molecule has 2 saturated heterocycles. The van der Waals surface area contributed by atoms with E-state index in [2.05, 4.69) is 44.7 Å². The summed E-state index contributed by atoms with van der Waals surface area (Å²) in [7, 11) is 0. The highest BCUT2D eigenvalue weighted by Crippen LogP contribution is 2.44. The van der Waals surface area contributed by atoms with Gasteiger partial charge in [-0.3, -0.25) is 9.69 Å². The van der Waals surface area contributed by atoms with E-state index >= 15 is 0 Å². The van der Waals surface area contributed by atoms with Crippen LogP contribution in [0.4, 0.5) is 0 Å². The zero-order valence-electron chi connectivity index (χ0n) is 18.0. The summed E-state index contributed by atoms with van der Waals surface area (Å²) in [5.74, 6) is -0.138. The van der Waals surface area contributed by atoms with Gasteiger partial charge < -0.3 is 9.64 Å². The van der Waals surface area contributed by atoms with Gasteiger partial charge in [-0.1, -0.05) is 6.07 Å². The van der Waals surface area contributed by atoms with Gasteiger partial charge in [0.25, 0.3) is 0 Å². The van der Waals surface area contributed by atoms with Gasteiger partial charge in [0.15, 0.2) is 5.65 Å². The minimum Gasteiger partial charge on any atom is -0.456 e. The summed E-state index contributed by atoms with van der Waals surface area (Å²) in [5.41, 5.74) is 3.99. The summed E-state index contributed by atoms with van der Waals surface area (Å²) in [4.78, 5) is 29.3. The summed E-state index contributed by atoms with van der Waals surface area (Å²) in [6, 6.07) is 10.4. The van der Waals surface area contributed by atoms with Crippen molar-refractivity contribution in [3.63, 3.8) is 0 Å². The van der Waals surface area contributed by atoms with Crippen LogP contribution in [0.1, 0.15) is 31.7 Å². The van der Waals surface area contributed by atoms with E-state index in [-0.39, 0.29) is 23.9 Å². The molecule has 0 N–H and O–H groups in total. The molecule has 9 nitrogen and oxygen atoms in total. The molecule has 0 unspecified atom stereocenters. The fraction of sp³-hybridized carbons (Fsp3) is 0.435. The van der Waals surface area contributed by atoms with Gasteiger partial charge in [0, 0.05) is 18.5 Å². The molecule has 0 radical (unpaired) electrons. The number of amides is 1. The zero-order chi connectivity index (χ0) is 21.9. The van der Waals surface area contributed by atoms with Crippen molar-refractivity contribution in [3.8, 4) is 0 Å². The van der Waals surface area contributed by atoms with E-state index in [0.717, 1.165) is 61.1 Å². The number of tetrazole rings is 1. The van der Waals surface area contributed by atoms with Crippen molar-refractivity contribution in [2.45, 2.75) is 32.7 Å². The molecular weight excluding hydrogens is 408 g/mol. The Hall–Kier alpha value is -3.33. The third-order valence-electron chi connectivity index (χ3n) is 7.36. The summed E-state index contributed by atoms with van der Waals surface area (Å²) < 4.78 is 6.87. The van der Waals surface area contributed by atoms with Crippen molar-refractivity contribution >= 4 is 28.4 Å². The average molecular weight is 432 g/mol. The molecule has 6 rings (SSSR count). The Morgan fingerprint density at radius 2 is 1.88 bits per heavy atom. The molecule has 5 heterocycles. The van der Waals surface area contributed by atoms with Crippen molar-refractivity contribution < 1.29 is 14.3 Å². The summed E-state index contributed by atoms with van der Waals surface area (Å²) in [6.07, 6.45) is 2.55. The highest BCUT2D eigenvalue weighted by Gasteiger charge is 2.49. The summed E-state index contributed by atoms with van der Waals surface area (Å²) >= 11 is 0. The van der Waals surface area contributed by atoms with Crippen LogP contribution in [-0.2, 0) is 20.9 Å². The largest absolute Gasteiger partial charge is 0.456 e. The van der Waals surface area contributed by atoms with Crippen LogP contribution in [0.2, 0.25) is 0 Å². The van der Waals surface area contributed by atoms with Crippen LogP contribution >= 0.6 is 0 Å². The highest BCUT2D eigenvalue weighted by atomic mass is 16.5. The number of benzene rings is 1. The van der Waals surface area contributed by atoms with Crippen LogP contribution < -0.4 is 0 Å². The second kappa shape index (κ2) is 7.09. The number of carbonyl (C=O) groups excluding carboxylic acids is 2. The van der Waals surface area contributed by atoms with Gasteiger partial charge in [0.2, 0.25) is 5.91 Å². The van der Waals surface area contributed by atoms with Gasteiger partial charge in [0.1, 0.15) is 6.61 Å². The number of hydrogen-bond donors (Lipinski definition) is 0. The van der Waals surface area contributed by atoms with Gasteiger partial charge in [-0.25, -0.2) is 4.79 Å². The van der Waals surface area contributed by atoms with E-state index in [1.165, 1.54) is 5.56 Å². The second-order valence-electron chi connectivity index (χ2n) is 9.09. The number of rotatable bonds is 3. The van der Waals surface area contributed by atoms with Crippen LogP contribution in [0.5, 0.6) is 0 Å². The third-order valence-corrected chi connectivity index (χ3v) is 7.36. The Bertz CT molecular complexity index is 1290. The molecule has 32 heavy (non-hydrogen) atoms. The first-order valence-corrected chi connectivity index (χ1v) is 11.1. The maximum atomic E-state index is 13.3. The van der Waals surface area contributed by atoms with Gasteiger partial charge in [-0.2, -0.15) is 4.52 Å². The molecule has 164 valence electrons. The van der Waals surface area contributed by atoms with Gasteiger partial charge in [-0.15, -0.1) is 5.10 Å². The van der Waals surface area contributed by atoms with Crippen LogP contribution in [0.15, 0.2) is 41.6 Å². The van der Waals surface area contributed by atoms with Crippen molar-refractivity contribution in [1.82, 2.24) is 29.8 Å². The minimum absolute atomic E-state index is 0.168. The topological polar surface area (TPSA) is 92.9 Å². The molecule has 1 amide bonds. The van der Waals surface area contributed by atoms with E-state index in [0.29, 0.717) is 12.1 Å². The third kappa shape index (κ3) is 2.91. The normalized spacial score (nSPS) is 21.5. The Labute approximate surface area is 184 Å². The number of piperidine rings is 1. The molecule has 1 spiro atoms. The SMILES string of the molecule is CC1=C(N2CCC3(CCN(Cc4ccc5c(ccc6nnnn65)c4)CC3)C2=O)COC1=O. The number of aromatic nitrogens is 4. The molecule has 1 aromatic carbocycles. The van der Waals surface area contributed by atoms with Crippen LogP contribution in [0.25, 0.3) is 16.6 Å². The maximum absolute atomic E-state index is 13.3. The number of esters is 1. The van der Waals surface area contributed by atoms with E-state index < -0.39 is 0 Å². The zero-order valence-corrected chi connectivity index (χ0v) is 18.0. The van der Waals surface area contributed by atoms with E-state index in [9.17, 15) is 9.59 Å². The standard InChI is InChI=1S/C23H24N6O3/c1-15-19(14-32-21(15)30)28-11-8-23(22(28)31)6-9-27(10-7-23)13-16-2-4-18-17(12-16)3-5-20-24-25-26-29(18)20/h2-5,12H,6-11,13-14H2,1H3. The second-order valence-corrected chi connectivity index (χ2v) is 9.09. The first-order chi connectivity index (χ1) is 15.5. The van der Waals surface area contributed by atoms with Crippen LogP contribution in [0, 0.1) is 5.41 Å². The Kier molecular flexibility index (Phi) is 4.29. The fourth-order valence-corrected chi connectivity index (χ4v) is 5.35. The molecule has 0 atom stereocenters. The molecule has 0 aliphatic carbocycles. The van der Waals surface area contributed by atoms with Crippen molar-refractivity contribution in [3.05, 3.63) is 47.2 Å². The minimum atomic E-state index is -0.306. The number of ether oxygens (including phenoxy) is 1. The smallest absolute Gasteiger partial charge is 0.336 e. The van der Waals surface area contributed by atoms with Crippen molar-refractivity contribution in [2.75, 3.05) is 26.2 Å². The van der Waals surface area contributed by atoms with Gasteiger partial charge >= 0.3 is 5.97 Å². The monoisotopic (exact) mass is 432 g/mol. The lowest BCUT2D eigenvalue weighted by atomic mass is 9.77. The average Bonchev–Trinajstić information content (AvgIpc) is 3.50. The number of pyridine rings is 1. The summed E-state index contributed by atoms with van der Waals surface area (Å²) in [6.45, 7) is 5.27. The number of carbonyl (C=O) groups is 2. The number of cyclic esters (lactones) is 1. The summed E-state index contributed by atoms with van der Waals surface area (Å²) in [5, 5.41) is 12.9. The van der Waals surface area contributed by atoms with E-state index in [1.807, 2.05) is 6.07 Å². The maximum Gasteiger partial charge on any atom is 0.336 e. The Balaban J connectivity index is 1.15. The first kappa shape index (κ1) is 19.4. The molecular formula is C23H24N6O3. The molecule has 3 aromatic rings. The van der Waals surface area contributed by atoms with Gasteiger partial charge in [0.05, 0.1) is 22.2 Å². The number of fused-ring (bicyclic) bond motifs is 3. The highest BCUT2D eigenvalue weighted by molar-refractivity contribution is 5.94. The molecule has 9 heteroatoms. The van der Waals surface area contributed by atoms with Crippen LogP contribution in [0.3, 0.4) is 0 Å². The lowest BCUT2D eigenvalue weighted by Crippen LogP contribution is -2.44. The van der Waals surface area contributed by atoms with E-state index in [1.54, 1.807) is 16.3 Å². The lowest BCUT2D eigenvalue weighted by Gasteiger charge is -2.38. The molecule has 3 aliphatic rings. The Morgan fingerprint density at radius 1 is 1.06 bits per heavy atom. The number of nitrogens with zero attached hydrogens (tertiary/aromatic N) is 6. The number of hydrogen-bond acceptors (Lipinski definition) is 7. The molecule has 2 fully saturated rings. The van der Waals surface area contributed by atoms with Crippen LogP contribution in [-0.4, -0.2) is 68.0 Å². The quantitative estimate of drug-likeness (QED) is 0.584. The number of likely N-dealkylation sites (tertiary alicyclic amines) is 2. The van der Waals surface area contributed by atoms with Crippen molar-refractivity contribution in [2.24, 2.45) is 5.41 Å². The lowest BCUT2D eigenvalue weighted by molar-refractivity contribution is -0.138. The molecule has 3 aliphatic heterocycles. The predicted molar refractivity (Wildman–Crippen MR) is 115 cm³/mol. The molecule has 0 saturated carbocycles. The fourth-order valence-electron chi connectivity index (χ4n) is 5.35. The predicted octanol–water partition coefficient (Wildman–Crippen LogP) is 1.92. The van der Waals surface area contributed by atoms with Crippen molar-refractivity contribution in [1.29, 1.82) is 0 Å². The molecule has 2 aromatic heterocycles. The first-order valence-electron chi connectivity index (χ1n) is 11.1. The molecule has 0 bridgehead atoms. The Morgan fingerprint density at radius 3 is 2.66 bits per heavy atom.